The van der Waals surface area contributed by atoms with Gasteiger partial charge < -0.3 is 50.2 Å². The van der Waals surface area contributed by atoms with Crippen LogP contribution in [0.1, 0.15) is 97.7 Å². The van der Waals surface area contributed by atoms with Crippen molar-refractivity contribution in [3.63, 3.8) is 0 Å². The Hall–Kier alpha value is -8.94. The predicted molar refractivity (Wildman–Crippen MR) is 559 cm³/mol. The molecule has 132 heavy (non-hydrogen) atoms. The molecule has 0 aliphatic heterocycles. The van der Waals surface area contributed by atoms with E-state index in [9.17, 15) is 67.1 Å². The summed E-state index contributed by atoms with van der Waals surface area (Å²) < 4.78 is 40.9. The van der Waals surface area contributed by atoms with E-state index in [1.807, 2.05) is 149 Å². The van der Waals surface area contributed by atoms with Crippen molar-refractivity contribution < 1.29 is 86.0 Å². The van der Waals surface area contributed by atoms with E-state index in [1.165, 1.54) is 21.0 Å². The number of alkyl carbamates (subject to hydrolysis) is 1. The SMILES string of the molecule is CC(C)(C)[Si](OCCn1c(=O)[nH]c(=O)c2c(=O)[nH]c(=O)[nH]c21)(c1ccccc1)c1ccccc1.CC(C)(C)[Si](OCCn1c(N)cc(=O)[nH]c1=O)(c1ccccc1)c1ccccc1.CCOC(=O)N=C=O.CCOC(=O)NC(=O)c1c(N)n(CCO[Si](c2ccccc2)(c2ccccc2)C(C)(C)C)c(=O)[nH]c1=O.CC[O-].Nc1cc(=O)[nH]c(=O)n1CCO.P.P.P.[3HH].[3HH].[3HH].[3H]P(P)P(P)P.[Na+]. The Balaban J connectivity index is -0.00000166. The molecular weight excluding hydrogens is 1910 g/mol. The second kappa shape index (κ2) is 58.4. The number of nitrogens with one attached hydrogen (secondary N) is 7. The van der Waals surface area contributed by atoms with Gasteiger partial charge in [0.05, 0.1) is 67.1 Å². The van der Waals surface area contributed by atoms with E-state index in [1.54, 1.807) is 20.8 Å². The molecular formula is C84H126N15NaO21P8Si3. The van der Waals surface area contributed by atoms with E-state index in [4.69, 9.17) is 42.0 Å². The van der Waals surface area contributed by atoms with Crippen LogP contribution in [0.4, 0.5) is 27.0 Å². The van der Waals surface area contributed by atoms with Crippen LogP contribution in [0.3, 0.4) is 0 Å². The van der Waals surface area contributed by atoms with Gasteiger partial charge in [-0.2, -0.15) is 29.7 Å². The quantitative estimate of drug-likeness (QED) is 0.0179. The molecule has 7 atom stereocenters. The first-order valence-corrected chi connectivity index (χ1v) is 53.3. The van der Waals surface area contributed by atoms with Crippen molar-refractivity contribution in [2.45, 2.75) is 124 Å². The van der Waals surface area contributed by atoms with Gasteiger partial charge in [-0.1, -0.05) is 264 Å². The minimum atomic E-state index is -2.88. The van der Waals surface area contributed by atoms with E-state index in [0.29, 0.717) is 6.61 Å². The molecule has 0 saturated heterocycles. The number of isocyanates is 1. The van der Waals surface area contributed by atoms with Gasteiger partial charge in [-0.05, 0) is 67.1 Å². The molecule has 0 bridgehead atoms. The molecule has 716 valence electrons. The van der Waals surface area contributed by atoms with E-state index in [2.05, 4.69) is 172 Å². The third-order valence-corrected chi connectivity index (χ3v) is 44.8. The summed E-state index contributed by atoms with van der Waals surface area (Å²) in [5.41, 5.74) is 9.39. The van der Waals surface area contributed by atoms with Crippen LogP contribution in [-0.4, -0.2) is 150 Å². The molecule has 14 N–H and O–H groups in total. The maximum Gasteiger partial charge on any atom is 1.00 e. The number of aliphatic hydroxyl groups is 1. The average Bonchev–Trinajstić information content (AvgIpc) is 0.758. The Kier molecular flexibility index (Phi) is 52.7. The fourth-order valence-electron chi connectivity index (χ4n) is 13.8. The molecule has 7 unspecified atom stereocenters. The van der Waals surface area contributed by atoms with Crippen LogP contribution in [0.2, 0.25) is 15.1 Å². The molecule has 0 aliphatic carbocycles. The van der Waals surface area contributed by atoms with Gasteiger partial charge >= 0.3 is 70.2 Å². The van der Waals surface area contributed by atoms with Crippen LogP contribution in [-0.2, 0) is 53.7 Å². The zero-order chi connectivity index (χ0) is 96.2. The number of fused-ring (bicyclic) bond motifs is 1. The topological polar surface area (TPSA) is 545 Å². The number of aromatic nitrogens is 10. The molecule has 11 aromatic rings. The molecule has 0 fully saturated rings. The minimum absolute atomic E-state index is 0. The van der Waals surface area contributed by atoms with Gasteiger partial charge in [0.1, 0.15) is 34.1 Å². The number of anilines is 3. The van der Waals surface area contributed by atoms with Crippen molar-refractivity contribution >= 4 is 180 Å². The number of H-pyrrole nitrogens is 6. The Morgan fingerprint density at radius 3 is 1.11 bits per heavy atom. The Morgan fingerprint density at radius 1 is 0.508 bits per heavy atom. The van der Waals surface area contributed by atoms with Crippen molar-refractivity contribution in [2.24, 2.45) is 4.99 Å². The summed E-state index contributed by atoms with van der Waals surface area (Å²) in [5.74, 6) is -1.26. The minimum Gasteiger partial charge on any atom is -0.855 e. The number of nitrogen functional groups attached to an aromatic ring is 3. The van der Waals surface area contributed by atoms with Gasteiger partial charge in [-0.25, -0.2) is 38.4 Å². The number of aliphatic imine (C=N–C) groups is 1. The Labute approximate surface area is 811 Å². The van der Waals surface area contributed by atoms with E-state index < -0.39 is 113 Å². The zero-order valence-electron chi connectivity index (χ0n) is 77.1. The van der Waals surface area contributed by atoms with E-state index >= 15 is 0 Å². The van der Waals surface area contributed by atoms with Crippen molar-refractivity contribution in [1.29, 1.82) is 1.28 Å². The molecule has 11 rings (SSSR count). The number of carbonyl (C=O) groups excluding carboxylic acids is 4. The molecule has 0 aliphatic rings. The number of carbonyl (C=O) groups is 3. The number of imide groups is 1. The Bertz CT molecular complexity index is 6090. The van der Waals surface area contributed by atoms with Gasteiger partial charge in [0, 0.05) is 16.4 Å². The number of hydrogen-bond donors (Lipinski definition) is 11. The number of benzene rings is 6. The number of rotatable bonds is 24. The molecule has 0 radical (unpaired) electrons. The molecule has 3 amide bonds. The van der Waals surface area contributed by atoms with E-state index in [-0.39, 0.29) is 180 Å². The second-order valence-electron chi connectivity index (χ2n) is 30.4. The average molecular weight is 2050 g/mol. The second-order valence-corrected chi connectivity index (χ2v) is 56.2. The summed E-state index contributed by atoms with van der Waals surface area (Å²) >= 11 is 0. The molecule has 5 aromatic heterocycles. The number of aromatic amines is 6. The monoisotopic (exact) mass is 2040 g/mol. The number of nitrogens with two attached hydrogens (primary N) is 3. The third kappa shape index (κ3) is 33.3. The molecule has 48 heteroatoms. The first-order chi connectivity index (χ1) is 60.9. The molecule has 5 heterocycles. The van der Waals surface area contributed by atoms with Gasteiger partial charge in [0.25, 0.3) is 58.7 Å². The van der Waals surface area contributed by atoms with Crippen molar-refractivity contribution in [2.75, 3.05) is 63.4 Å². The summed E-state index contributed by atoms with van der Waals surface area (Å²) in [7, 11) is -1.18. The molecule has 6 aromatic carbocycles. The van der Waals surface area contributed by atoms with Crippen LogP contribution in [0, 0.1) is 0 Å². The maximum absolute atomic E-state index is 12.6. The van der Waals surface area contributed by atoms with Crippen molar-refractivity contribution in [1.82, 2.24) is 53.5 Å². The van der Waals surface area contributed by atoms with Crippen molar-refractivity contribution in [3.8, 4) is 0 Å². The number of hydrogen-bond acceptors (Lipinski definition) is 24. The molecule has 36 nitrogen and oxygen atoms in total. The number of nitrogens with zero attached hydrogens (tertiary/aromatic N) is 5. The standard InChI is InChI=1S/C26H32N4O6Si.C24H26N4O5Si.C22H27N3O3Si.C6H9N3O3.C4H5NO3.C2H5O.Na.H7P5.3H3P.3H2/c1-5-35-25(34)29-23(32)20-21(27)30(24(33)28-22(20)31)16-17-36-37(26(2,3)4,18-12-8-6-9-13-18)19-14-10-7-11-15-19;1-24(2,3)34(16-10-6-4-7-11-16,17-12-8-5-9-13-17)33-15-14-28-19-18(21(30)27-23(28)32)20(29)26-22(31)25-19;1-22(2,3)29(17-10-6-4-7-11-17,18-12-8-5-9-13-18)28-15-14-25-19(23)16-20(26)24-21(25)27;7-4-3-5(11)8-6(12)9(4)1-2-10;1-2-8-4(7)5-3-6;1-2-3;;1-4-5(2)3;;;;;;/h6-15H,5,16-17,27H2,1-4H3,(H,28,31,33)(H,29,32,34);4-13H,14-15H2,1-3H3,(H,27,30,32)(H2,25,26,29,31);4-13,16H,14-15,23H2,1-3H3,(H,24,26,27);3,10H,1-2,7H2,(H,8,11,12);2H2,1H3;2H2,1H3;;4H,1-3H2;3*1H3;3*1H/q;;;;;-1;+1;;;;;;;/i;;;;;;;4T;;;;3*1+2. The molecule has 0 spiro atoms. The van der Waals surface area contributed by atoms with Gasteiger partial charge in [-0.15, -0.1) is 33.4 Å². The number of ether oxygens (including phenoxy) is 2. The summed E-state index contributed by atoms with van der Waals surface area (Å²) in [6.45, 7) is 24.9. The first kappa shape index (κ1) is 119. The van der Waals surface area contributed by atoms with Gasteiger partial charge in [0.15, 0.2) is 0 Å². The zero-order valence-corrected chi connectivity index (χ0v) is 90.6. The molecule has 0 saturated carbocycles. The number of aliphatic hydroxyl groups excluding tert-OH is 1. The summed E-state index contributed by atoms with van der Waals surface area (Å²) in [6.07, 6.45) is -0.862. The van der Waals surface area contributed by atoms with Gasteiger partial charge in [-0.3, -0.25) is 82.3 Å². The van der Waals surface area contributed by atoms with E-state index in [0.717, 1.165) is 46.6 Å². The fraction of sp³-hybridized carbons (Fsp3) is 0.310. The summed E-state index contributed by atoms with van der Waals surface area (Å²) in [4.78, 5) is 178. The summed E-state index contributed by atoms with van der Waals surface area (Å²) in [6, 6.07) is 62.9. The van der Waals surface area contributed by atoms with Crippen LogP contribution >= 0.6 is 71.4 Å². The third-order valence-electron chi connectivity index (χ3n) is 19.0. The number of amides is 3. The van der Waals surface area contributed by atoms with Crippen LogP contribution in [0.5, 0.6) is 0 Å². The normalized spacial score (nSPS) is 11.3. The predicted octanol–water partition coefficient (Wildman–Crippen LogP) is 2.22. The van der Waals surface area contributed by atoms with Crippen LogP contribution < -0.4 is 145 Å². The van der Waals surface area contributed by atoms with Crippen molar-refractivity contribution in [3.05, 3.63) is 304 Å². The smallest absolute Gasteiger partial charge is 0.855 e. The Morgan fingerprint density at radius 2 is 0.803 bits per heavy atom. The first-order valence-electron chi connectivity index (χ1n) is 40.2. The largest absolute Gasteiger partial charge is 1.00 e. The summed E-state index contributed by atoms with van der Waals surface area (Å²) in [5, 5.41) is 25.0. The fourth-order valence-corrected chi connectivity index (χ4v) is 27.4. The van der Waals surface area contributed by atoms with Crippen LogP contribution in [0.25, 0.3) is 11.0 Å². The maximum atomic E-state index is 12.6. The van der Waals surface area contributed by atoms with Gasteiger partial charge in [0.2, 0.25) is 6.08 Å². The van der Waals surface area contributed by atoms with Crippen LogP contribution in [0.15, 0.2) is 247 Å².